The molecule has 2 aliphatic heterocycles. The van der Waals surface area contributed by atoms with Crippen LogP contribution in [0.25, 0.3) is 0 Å². The van der Waals surface area contributed by atoms with E-state index in [1.165, 1.54) is 0 Å². The number of methoxy groups -OCH3 is 1. The Bertz CT molecular complexity index is 1000. The monoisotopic (exact) mass is 412 g/mol. The minimum Gasteiger partial charge on any atom is -0.497 e. The molecule has 0 saturated carbocycles. The topological polar surface area (TPSA) is 99.8 Å². The molecule has 4 amide bonds. The number of ether oxygens (including phenoxy) is 1. The van der Waals surface area contributed by atoms with E-state index in [2.05, 4.69) is 16.2 Å². The van der Waals surface area contributed by atoms with Crippen LogP contribution in [0.4, 0.5) is 10.5 Å². The predicted octanol–water partition coefficient (Wildman–Crippen LogP) is 2.28. The fraction of sp³-hybridized carbons (Fsp3) is 0.150. The lowest BCUT2D eigenvalue weighted by Crippen LogP contribution is -2.59. The maximum absolute atomic E-state index is 13.0. The zero-order valence-corrected chi connectivity index (χ0v) is 16.1. The number of amides is 4. The Kier molecular flexibility index (Phi) is 4.96. The molecule has 2 atom stereocenters. The van der Waals surface area contributed by atoms with Gasteiger partial charge in [0.2, 0.25) is 5.91 Å². The smallest absolute Gasteiger partial charge is 0.335 e. The van der Waals surface area contributed by atoms with Gasteiger partial charge in [0.15, 0.2) is 5.92 Å². The standard InChI is InChI=1S/C20H17ClN4O4/c1-29-14-8-2-11(3-9-14)15-10-16(24-23-15)17-18(26)22-20(28)25(19(17)27)13-6-4-12(21)5-7-13/h2-10,15,17,23-24H,1H3,(H,22,26,28)/t15-,17-/m0/s1. The minimum absolute atomic E-state index is 0.252. The molecule has 2 aromatic rings. The number of hydrogen-bond acceptors (Lipinski definition) is 6. The van der Waals surface area contributed by atoms with Crippen molar-refractivity contribution in [3.63, 3.8) is 0 Å². The van der Waals surface area contributed by atoms with Gasteiger partial charge in [-0.1, -0.05) is 23.7 Å². The highest BCUT2D eigenvalue weighted by Gasteiger charge is 2.44. The van der Waals surface area contributed by atoms with Gasteiger partial charge in [0.05, 0.1) is 18.8 Å². The highest BCUT2D eigenvalue weighted by Crippen LogP contribution is 2.29. The third kappa shape index (κ3) is 3.55. The summed E-state index contributed by atoms with van der Waals surface area (Å²) in [4.78, 5) is 38.7. The van der Waals surface area contributed by atoms with Crippen molar-refractivity contribution in [2.24, 2.45) is 5.92 Å². The highest BCUT2D eigenvalue weighted by molar-refractivity contribution is 6.31. The molecule has 9 heteroatoms. The minimum atomic E-state index is -1.18. The molecule has 0 radical (unpaired) electrons. The number of imide groups is 2. The first-order valence-corrected chi connectivity index (χ1v) is 9.17. The van der Waals surface area contributed by atoms with Crippen LogP contribution >= 0.6 is 11.6 Å². The second-order valence-electron chi connectivity index (χ2n) is 6.52. The Hall–Kier alpha value is -3.36. The van der Waals surface area contributed by atoms with E-state index in [1.807, 2.05) is 24.3 Å². The Labute approximate surface area is 171 Å². The average Bonchev–Trinajstić information content (AvgIpc) is 3.19. The molecule has 2 aliphatic rings. The van der Waals surface area contributed by atoms with Crippen molar-refractivity contribution in [3.05, 3.63) is 70.9 Å². The van der Waals surface area contributed by atoms with E-state index in [9.17, 15) is 14.4 Å². The van der Waals surface area contributed by atoms with Crippen LogP contribution in [-0.4, -0.2) is 25.0 Å². The van der Waals surface area contributed by atoms with Crippen molar-refractivity contribution in [1.82, 2.24) is 16.2 Å². The molecule has 3 N–H and O–H groups in total. The summed E-state index contributed by atoms with van der Waals surface area (Å²) < 4.78 is 5.15. The molecule has 2 aromatic carbocycles. The van der Waals surface area contributed by atoms with Gasteiger partial charge >= 0.3 is 6.03 Å². The molecular formula is C20H17ClN4O4. The van der Waals surface area contributed by atoms with E-state index < -0.39 is 23.8 Å². The molecule has 0 unspecified atom stereocenters. The van der Waals surface area contributed by atoms with Crippen LogP contribution < -0.4 is 25.8 Å². The van der Waals surface area contributed by atoms with E-state index in [0.29, 0.717) is 16.4 Å². The van der Waals surface area contributed by atoms with Crippen LogP contribution in [0.5, 0.6) is 5.75 Å². The van der Waals surface area contributed by atoms with E-state index >= 15 is 0 Å². The number of nitrogens with zero attached hydrogens (tertiary/aromatic N) is 1. The molecule has 4 rings (SSSR count). The number of barbiturate groups is 1. The molecule has 2 heterocycles. The van der Waals surface area contributed by atoms with Crippen molar-refractivity contribution < 1.29 is 19.1 Å². The molecule has 0 aromatic heterocycles. The zero-order valence-electron chi connectivity index (χ0n) is 15.3. The number of halogens is 1. The molecule has 0 bridgehead atoms. The summed E-state index contributed by atoms with van der Waals surface area (Å²) in [7, 11) is 1.59. The van der Waals surface area contributed by atoms with Crippen molar-refractivity contribution in [1.29, 1.82) is 0 Å². The summed E-state index contributed by atoms with van der Waals surface area (Å²) >= 11 is 5.88. The fourth-order valence-corrected chi connectivity index (χ4v) is 3.39. The molecule has 29 heavy (non-hydrogen) atoms. The molecule has 0 spiro atoms. The van der Waals surface area contributed by atoms with Crippen molar-refractivity contribution >= 4 is 35.1 Å². The van der Waals surface area contributed by atoms with Gasteiger partial charge in [-0.3, -0.25) is 14.9 Å². The third-order valence-corrected chi connectivity index (χ3v) is 5.00. The van der Waals surface area contributed by atoms with E-state index in [4.69, 9.17) is 16.3 Å². The Morgan fingerprint density at radius 3 is 2.34 bits per heavy atom. The quantitative estimate of drug-likeness (QED) is 0.666. The lowest BCUT2D eigenvalue weighted by Gasteiger charge is -2.30. The number of hydrogen-bond donors (Lipinski definition) is 3. The summed E-state index contributed by atoms with van der Waals surface area (Å²) in [6, 6.07) is 12.6. The second kappa shape index (κ2) is 7.57. The predicted molar refractivity (Wildman–Crippen MR) is 106 cm³/mol. The Balaban J connectivity index is 1.61. The van der Waals surface area contributed by atoms with Gasteiger partial charge in [0.25, 0.3) is 5.91 Å². The highest BCUT2D eigenvalue weighted by atomic mass is 35.5. The normalized spacial score (nSPS) is 21.5. The lowest BCUT2D eigenvalue weighted by molar-refractivity contribution is -0.132. The SMILES string of the molecule is COc1ccc([C@@H]2C=C([C@H]3C(=O)NC(=O)N(c4ccc(Cl)cc4)C3=O)NN2)cc1. The third-order valence-electron chi connectivity index (χ3n) is 4.75. The number of rotatable bonds is 4. The van der Waals surface area contributed by atoms with Crippen LogP contribution in [-0.2, 0) is 9.59 Å². The van der Waals surface area contributed by atoms with Gasteiger partial charge in [-0.25, -0.2) is 15.1 Å². The first-order valence-electron chi connectivity index (χ1n) is 8.79. The van der Waals surface area contributed by atoms with Gasteiger partial charge in [0, 0.05) is 10.7 Å². The summed E-state index contributed by atoms with van der Waals surface area (Å²) in [6.07, 6.45) is 1.75. The molecule has 8 nitrogen and oxygen atoms in total. The largest absolute Gasteiger partial charge is 0.497 e. The summed E-state index contributed by atoms with van der Waals surface area (Å²) in [5, 5.41) is 2.71. The number of hydrazine groups is 1. The maximum atomic E-state index is 13.0. The molecule has 1 saturated heterocycles. The molecule has 1 fully saturated rings. The van der Waals surface area contributed by atoms with Crippen LogP contribution in [0, 0.1) is 5.92 Å². The average molecular weight is 413 g/mol. The zero-order chi connectivity index (χ0) is 20.5. The number of nitrogens with one attached hydrogen (secondary N) is 3. The molecular weight excluding hydrogens is 396 g/mol. The van der Waals surface area contributed by atoms with Crippen molar-refractivity contribution in [2.75, 3.05) is 12.0 Å². The number of carbonyl (C=O) groups excluding carboxylic acids is 3. The van der Waals surface area contributed by atoms with E-state index in [1.54, 1.807) is 37.5 Å². The first-order chi connectivity index (χ1) is 14.0. The summed E-state index contributed by atoms with van der Waals surface area (Å²) in [5.41, 5.74) is 7.56. The molecule has 148 valence electrons. The summed E-state index contributed by atoms with van der Waals surface area (Å²) in [6.45, 7) is 0. The Morgan fingerprint density at radius 2 is 1.69 bits per heavy atom. The number of anilines is 1. The van der Waals surface area contributed by atoms with E-state index in [0.717, 1.165) is 16.2 Å². The van der Waals surface area contributed by atoms with Crippen molar-refractivity contribution in [2.45, 2.75) is 6.04 Å². The second-order valence-corrected chi connectivity index (χ2v) is 6.96. The Morgan fingerprint density at radius 1 is 1.00 bits per heavy atom. The van der Waals surface area contributed by atoms with Gasteiger partial charge in [-0.2, -0.15) is 0 Å². The summed E-state index contributed by atoms with van der Waals surface area (Å²) in [5.74, 6) is -1.78. The van der Waals surface area contributed by atoms with Gasteiger partial charge < -0.3 is 10.2 Å². The van der Waals surface area contributed by atoms with Crippen LogP contribution in [0.15, 0.2) is 60.3 Å². The van der Waals surface area contributed by atoms with Crippen LogP contribution in [0.3, 0.4) is 0 Å². The van der Waals surface area contributed by atoms with Gasteiger partial charge in [0.1, 0.15) is 5.75 Å². The van der Waals surface area contributed by atoms with Crippen LogP contribution in [0.1, 0.15) is 11.6 Å². The number of carbonyl (C=O) groups is 3. The maximum Gasteiger partial charge on any atom is 0.335 e. The first kappa shape index (κ1) is 19.0. The van der Waals surface area contributed by atoms with E-state index in [-0.39, 0.29) is 6.04 Å². The molecule has 0 aliphatic carbocycles. The van der Waals surface area contributed by atoms with Crippen LogP contribution in [0.2, 0.25) is 5.02 Å². The number of benzene rings is 2. The lowest BCUT2D eigenvalue weighted by atomic mass is 9.98. The van der Waals surface area contributed by atoms with Crippen molar-refractivity contribution in [3.8, 4) is 5.75 Å². The van der Waals surface area contributed by atoms with Gasteiger partial charge in [-0.05, 0) is 48.0 Å². The fourth-order valence-electron chi connectivity index (χ4n) is 3.27. The number of urea groups is 1. The van der Waals surface area contributed by atoms with Gasteiger partial charge in [-0.15, -0.1) is 0 Å².